The molecule has 0 saturated carbocycles. The van der Waals surface area contributed by atoms with E-state index in [4.69, 9.17) is 4.74 Å². The van der Waals surface area contributed by atoms with E-state index in [1.807, 2.05) is 72.8 Å². The molecule has 3 aromatic rings. The minimum Gasteiger partial charge on any atom is -0.497 e. The first-order chi connectivity index (χ1) is 13.7. The predicted molar refractivity (Wildman–Crippen MR) is 114 cm³/mol. The van der Waals surface area contributed by atoms with Crippen molar-refractivity contribution in [2.75, 3.05) is 13.7 Å². The molecule has 0 aromatic heterocycles. The van der Waals surface area contributed by atoms with E-state index in [2.05, 4.69) is 24.4 Å². The molecular formula is C24H25BNO2. The molecular weight excluding hydrogens is 345 g/mol. The average molecular weight is 370 g/mol. The Morgan fingerprint density at radius 1 is 0.893 bits per heavy atom. The summed E-state index contributed by atoms with van der Waals surface area (Å²) < 4.78 is 5.26. The number of aliphatic hydroxyl groups is 1. The Bertz CT molecular complexity index is 844. The summed E-state index contributed by atoms with van der Waals surface area (Å²) in [6.45, 7) is 0.929. The van der Waals surface area contributed by atoms with E-state index < -0.39 is 5.60 Å². The lowest BCUT2D eigenvalue weighted by Crippen LogP contribution is -2.51. The van der Waals surface area contributed by atoms with Gasteiger partial charge in [0.05, 0.1) is 7.11 Å². The van der Waals surface area contributed by atoms with Crippen molar-refractivity contribution in [3.8, 4) is 5.75 Å². The second kappa shape index (κ2) is 8.21. The molecule has 1 fully saturated rings. The van der Waals surface area contributed by atoms with Gasteiger partial charge in [-0.3, -0.25) is 0 Å². The molecule has 3 aromatic carbocycles. The highest BCUT2D eigenvalue weighted by Crippen LogP contribution is 2.39. The Kier molecular flexibility index (Phi) is 5.51. The van der Waals surface area contributed by atoms with Crippen LogP contribution >= 0.6 is 0 Å². The molecule has 0 spiro atoms. The van der Waals surface area contributed by atoms with Gasteiger partial charge in [0.1, 0.15) is 11.4 Å². The van der Waals surface area contributed by atoms with Crippen LogP contribution in [0.5, 0.6) is 5.75 Å². The summed E-state index contributed by atoms with van der Waals surface area (Å²) in [4.78, 5) is 2.29. The maximum Gasteiger partial charge on any atom is 0.247 e. The molecule has 1 atom stereocenters. The highest BCUT2D eigenvalue weighted by Gasteiger charge is 2.45. The lowest BCUT2D eigenvalue weighted by Gasteiger charge is -2.40. The third-order valence-corrected chi connectivity index (χ3v) is 5.63. The van der Waals surface area contributed by atoms with Gasteiger partial charge in [0.25, 0.3) is 0 Å². The first-order valence-electron chi connectivity index (χ1n) is 9.80. The summed E-state index contributed by atoms with van der Waals surface area (Å²) in [5.74, 6) is 0.847. The first kappa shape index (κ1) is 18.8. The van der Waals surface area contributed by atoms with Gasteiger partial charge in [0.2, 0.25) is 7.41 Å². The van der Waals surface area contributed by atoms with Crippen LogP contribution in [0.15, 0.2) is 84.9 Å². The predicted octanol–water partition coefficient (Wildman–Crippen LogP) is 3.34. The second-order valence-electron chi connectivity index (χ2n) is 7.30. The molecule has 3 nitrogen and oxygen atoms in total. The zero-order valence-corrected chi connectivity index (χ0v) is 16.2. The molecule has 1 heterocycles. The Morgan fingerprint density at radius 2 is 1.46 bits per heavy atom. The molecule has 1 saturated heterocycles. The largest absolute Gasteiger partial charge is 0.497 e. The molecule has 0 amide bonds. The van der Waals surface area contributed by atoms with Crippen LogP contribution in [0.25, 0.3) is 0 Å². The molecule has 28 heavy (non-hydrogen) atoms. The van der Waals surface area contributed by atoms with Gasteiger partial charge in [-0.25, -0.2) is 0 Å². The van der Waals surface area contributed by atoms with Gasteiger partial charge in [0.15, 0.2) is 0 Å². The van der Waals surface area contributed by atoms with Crippen LogP contribution in [0, 0.1) is 0 Å². The van der Waals surface area contributed by atoms with Gasteiger partial charge < -0.3 is 14.7 Å². The van der Waals surface area contributed by atoms with E-state index in [0.717, 1.165) is 41.7 Å². The molecule has 0 bridgehead atoms. The summed E-state index contributed by atoms with van der Waals surface area (Å²) >= 11 is 0. The Hall–Kier alpha value is -2.56. The van der Waals surface area contributed by atoms with E-state index in [0.29, 0.717) is 0 Å². The fraction of sp³-hybridized carbons (Fsp3) is 0.250. The minimum absolute atomic E-state index is 0.0283. The quantitative estimate of drug-likeness (QED) is 0.676. The number of hydrogen-bond donors (Lipinski definition) is 1. The van der Waals surface area contributed by atoms with Crippen molar-refractivity contribution in [3.63, 3.8) is 0 Å². The highest BCUT2D eigenvalue weighted by molar-refractivity contribution is 6.50. The van der Waals surface area contributed by atoms with Crippen molar-refractivity contribution in [1.29, 1.82) is 0 Å². The summed E-state index contributed by atoms with van der Waals surface area (Å²) in [5.41, 5.74) is 1.90. The molecule has 1 aliphatic rings. The topological polar surface area (TPSA) is 32.7 Å². The van der Waals surface area contributed by atoms with Crippen LogP contribution < -0.4 is 10.2 Å². The van der Waals surface area contributed by atoms with Crippen LogP contribution in [-0.2, 0) is 5.60 Å². The molecule has 1 unspecified atom stereocenters. The maximum atomic E-state index is 12.1. The third kappa shape index (κ3) is 3.58. The summed E-state index contributed by atoms with van der Waals surface area (Å²) in [6, 6.07) is 28.1. The number of ether oxygens (including phenoxy) is 1. The number of nitrogens with zero attached hydrogens (tertiary/aromatic N) is 1. The highest BCUT2D eigenvalue weighted by atomic mass is 16.5. The monoisotopic (exact) mass is 370 g/mol. The number of benzene rings is 3. The van der Waals surface area contributed by atoms with E-state index >= 15 is 0 Å². The lowest BCUT2D eigenvalue weighted by atomic mass is 9.73. The van der Waals surface area contributed by atoms with Gasteiger partial charge in [-0.15, -0.1) is 0 Å². The van der Waals surface area contributed by atoms with Crippen LogP contribution in [-0.4, -0.2) is 37.0 Å². The number of rotatable bonds is 6. The standard InChI is InChI=1S/C24H25BNO2/c1-28-22-16-14-21(15-17-22)25-26-18-8-13-23(26)24(27,19-9-4-2-5-10-19)20-11-6-3-7-12-20/h2-7,9-12,14-17,23,27H,8,13,18H2,1H3. The van der Waals surface area contributed by atoms with E-state index in [-0.39, 0.29) is 6.04 Å². The van der Waals surface area contributed by atoms with Gasteiger partial charge in [-0.05, 0) is 42.6 Å². The van der Waals surface area contributed by atoms with Crippen molar-refractivity contribution in [2.45, 2.75) is 24.5 Å². The van der Waals surface area contributed by atoms with Gasteiger partial charge in [-0.1, -0.05) is 78.3 Å². The molecule has 1 aliphatic heterocycles. The maximum absolute atomic E-state index is 12.1. The van der Waals surface area contributed by atoms with Crippen LogP contribution in [0.4, 0.5) is 0 Å². The van der Waals surface area contributed by atoms with Crippen molar-refractivity contribution in [2.24, 2.45) is 0 Å². The second-order valence-corrected chi connectivity index (χ2v) is 7.30. The normalized spacial score (nSPS) is 17.4. The van der Waals surface area contributed by atoms with Gasteiger partial charge >= 0.3 is 0 Å². The zero-order valence-electron chi connectivity index (χ0n) is 16.2. The van der Waals surface area contributed by atoms with Gasteiger partial charge in [0, 0.05) is 6.04 Å². The summed E-state index contributed by atoms with van der Waals surface area (Å²) in [5, 5.41) is 12.1. The Morgan fingerprint density at radius 3 is 2.00 bits per heavy atom. The lowest BCUT2D eigenvalue weighted by molar-refractivity contribution is 0.0202. The summed E-state index contributed by atoms with van der Waals surface area (Å²) in [6.07, 6.45) is 1.99. The Balaban J connectivity index is 1.69. The van der Waals surface area contributed by atoms with Crippen molar-refractivity contribution in [1.82, 2.24) is 4.81 Å². The van der Waals surface area contributed by atoms with Crippen molar-refractivity contribution in [3.05, 3.63) is 96.1 Å². The number of methoxy groups -OCH3 is 1. The van der Waals surface area contributed by atoms with E-state index in [9.17, 15) is 5.11 Å². The van der Waals surface area contributed by atoms with E-state index in [1.165, 1.54) is 0 Å². The molecule has 4 rings (SSSR count). The van der Waals surface area contributed by atoms with Crippen molar-refractivity contribution < 1.29 is 9.84 Å². The Labute approximate surface area is 167 Å². The molecule has 141 valence electrons. The summed E-state index contributed by atoms with van der Waals surface area (Å²) in [7, 11) is 3.84. The average Bonchev–Trinajstić information content (AvgIpc) is 3.23. The fourth-order valence-corrected chi connectivity index (χ4v) is 4.21. The van der Waals surface area contributed by atoms with Gasteiger partial charge in [-0.2, -0.15) is 0 Å². The first-order valence-corrected chi connectivity index (χ1v) is 9.80. The van der Waals surface area contributed by atoms with E-state index in [1.54, 1.807) is 7.11 Å². The molecule has 4 heteroatoms. The SMILES string of the molecule is COc1ccc([B]N2CCCC2C(O)(c2ccccc2)c2ccccc2)cc1. The molecule has 1 radical (unpaired) electrons. The van der Waals surface area contributed by atoms with Crippen LogP contribution in [0.3, 0.4) is 0 Å². The fourth-order valence-electron chi connectivity index (χ4n) is 4.21. The molecule has 1 N–H and O–H groups in total. The number of hydrogen-bond acceptors (Lipinski definition) is 3. The van der Waals surface area contributed by atoms with Crippen molar-refractivity contribution >= 4 is 12.9 Å². The third-order valence-electron chi connectivity index (χ3n) is 5.63. The van der Waals surface area contributed by atoms with Crippen LogP contribution in [0.2, 0.25) is 0 Å². The molecule has 0 aliphatic carbocycles. The minimum atomic E-state index is -1.07. The smallest absolute Gasteiger partial charge is 0.247 e. The zero-order chi connectivity index (χ0) is 19.4. The van der Waals surface area contributed by atoms with Crippen LogP contribution in [0.1, 0.15) is 24.0 Å².